The summed E-state index contributed by atoms with van der Waals surface area (Å²) in [5.74, 6) is -2.32. The fourth-order valence-corrected chi connectivity index (χ4v) is 2.42. The molecule has 0 spiro atoms. The average molecular weight is 312 g/mol. The third-order valence-corrected chi connectivity index (χ3v) is 3.99. The minimum Gasteiger partial charge on any atom is -0.382 e. The minimum absolute atomic E-state index is 0.0228. The molecule has 0 aliphatic heterocycles. The third-order valence-electron chi connectivity index (χ3n) is 2.75. The molecule has 112 valence electrons. The highest BCUT2D eigenvalue weighted by Crippen LogP contribution is 2.29. The third kappa shape index (κ3) is 2.94. The first-order chi connectivity index (χ1) is 9.81. The molecule has 0 radical (unpaired) electrons. The van der Waals surface area contributed by atoms with Crippen LogP contribution in [0.15, 0.2) is 12.1 Å². The van der Waals surface area contributed by atoms with Crippen LogP contribution in [0.1, 0.15) is 15.2 Å². The standard InChI is InChI=1S/C13H14F2N4OS/c1-6-4-5-7(14)9(8(6)15)17-12(20)10-11(16)18-13(21-10)19(2)3/h4-5H,16H2,1-3H3,(H,17,20). The Balaban J connectivity index is 2.33. The predicted molar refractivity (Wildman–Crippen MR) is 79.9 cm³/mol. The van der Waals surface area contributed by atoms with Gasteiger partial charge in [0.1, 0.15) is 22.2 Å². The normalized spacial score (nSPS) is 10.5. The van der Waals surface area contributed by atoms with Crippen LogP contribution in [0.3, 0.4) is 0 Å². The van der Waals surface area contributed by atoms with E-state index in [1.165, 1.54) is 13.0 Å². The number of amides is 1. The van der Waals surface area contributed by atoms with Gasteiger partial charge in [0.25, 0.3) is 5.91 Å². The lowest BCUT2D eigenvalue weighted by Gasteiger charge is -2.08. The maximum Gasteiger partial charge on any atom is 0.269 e. The number of aromatic nitrogens is 1. The number of rotatable bonds is 3. The number of halogens is 2. The Morgan fingerprint density at radius 3 is 2.62 bits per heavy atom. The zero-order chi connectivity index (χ0) is 15.7. The smallest absolute Gasteiger partial charge is 0.269 e. The summed E-state index contributed by atoms with van der Waals surface area (Å²) >= 11 is 1.04. The zero-order valence-electron chi connectivity index (χ0n) is 11.7. The van der Waals surface area contributed by atoms with E-state index in [0.717, 1.165) is 17.4 Å². The lowest BCUT2D eigenvalue weighted by molar-refractivity contribution is 0.103. The molecule has 1 amide bonds. The SMILES string of the molecule is Cc1ccc(F)c(NC(=O)c2sc(N(C)C)nc2N)c1F. The Labute approximate surface area is 124 Å². The number of nitrogens with one attached hydrogen (secondary N) is 1. The number of carbonyl (C=O) groups is 1. The van der Waals surface area contributed by atoms with Crippen LogP contribution in [-0.2, 0) is 0 Å². The van der Waals surface area contributed by atoms with Gasteiger partial charge >= 0.3 is 0 Å². The van der Waals surface area contributed by atoms with Gasteiger partial charge < -0.3 is 16.0 Å². The van der Waals surface area contributed by atoms with Gasteiger partial charge in [-0.2, -0.15) is 0 Å². The fraction of sp³-hybridized carbons (Fsp3) is 0.231. The van der Waals surface area contributed by atoms with Crippen LogP contribution < -0.4 is 16.0 Å². The highest BCUT2D eigenvalue weighted by atomic mass is 32.1. The molecular formula is C13H14F2N4OS. The van der Waals surface area contributed by atoms with E-state index in [1.807, 2.05) is 0 Å². The molecule has 0 saturated heterocycles. The second-order valence-corrected chi connectivity index (χ2v) is 5.59. The van der Waals surface area contributed by atoms with E-state index in [2.05, 4.69) is 10.3 Å². The maximum absolute atomic E-state index is 13.9. The van der Waals surface area contributed by atoms with Crippen molar-refractivity contribution in [2.45, 2.75) is 6.92 Å². The van der Waals surface area contributed by atoms with E-state index < -0.39 is 23.2 Å². The molecule has 0 atom stereocenters. The van der Waals surface area contributed by atoms with Gasteiger partial charge in [0.2, 0.25) is 0 Å². The lowest BCUT2D eigenvalue weighted by atomic mass is 10.2. The quantitative estimate of drug-likeness (QED) is 0.914. The summed E-state index contributed by atoms with van der Waals surface area (Å²) in [6.07, 6.45) is 0. The number of nitrogens with zero attached hydrogens (tertiary/aromatic N) is 2. The minimum atomic E-state index is -0.845. The summed E-state index contributed by atoms with van der Waals surface area (Å²) in [4.78, 5) is 17.9. The summed E-state index contributed by atoms with van der Waals surface area (Å²) in [6.45, 7) is 1.48. The van der Waals surface area contributed by atoms with Crippen molar-refractivity contribution in [3.8, 4) is 0 Å². The molecule has 0 aliphatic carbocycles. The number of hydrogen-bond donors (Lipinski definition) is 2. The molecule has 8 heteroatoms. The molecule has 2 aromatic rings. The van der Waals surface area contributed by atoms with Gasteiger partial charge in [0.15, 0.2) is 10.9 Å². The van der Waals surface area contributed by atoms with Gasteiger partial charge in [-0.3, -0.25) is 4.79 Å². The second kappa shape index (κ2) is 5.65. The molecule has 5 nitrogen and oxygen atoms in total. The van der Waals surface area contributed by atoms with E-state index in [1.54, 1.807) is 19.0 Å². The van der Waals surface area contributed by atoms with E-state index >= 15 is 0 Å². The first-order valence-electron chi connectivity index (χ1n) is 6.00. The molecule has 0 unspecified atom stereocenters. The number of nitrogen functional groups attached to an aromatic ring is 1. The molecule has 0 aliphatic rings. The molecular weight excluding hydrogens is 298 g/mol. The van der Waals surface area contributed by atoms with Gasteiger partial charge in [0.05, 0.1) is 0 Å². The number of thiazole rings is 1. The van der Waals surface area contributed by atoms with Crippen LogP contribution in [0.2, 0.25) is 0 Å². The fourth-order valence-electron chi connectivity index (χ4n) is 1.62. The van der Waals surface area contributed by atoms with Crippen molar-refractivity contribution in [1.29, 1.82) is 0 Å². The Morgan fingerprint density at radius 2 is 2.05 bits per heavy atom. The van der Waals surface area contributed by atoms with Crippen molar-refractivity contribution in [2.24, 2.45) is 0 Å². The first-order valence-corrected chi connectivity index (χ1v) is 6.82. The van der Waals surface area contributed by atoms with Crippen LogP contribution >= 0.6 is 11.3 Å². The van der Waals surface area contributed by atoms with Gasteiger partial charge in [0, 0.05) is 14.1 Å². The van der Waals surface area contributed by atoms with Gasteiger partial charge in [-0.1, -0.05) is 17.4 Å². The molecule has 3 N–H and O–H groups in total. The lowest BCUT2D eigenvalue weighted by Crippen LogP contribution is -2.15. The summed E-state index contributed by atoms with van der Waals surface area (Å²) in [5, 5.41) is 2.74. The molecule has 1 aromatic carbocycles. The van der Waals surface area contributed by atoms with Crippen LogP contribution in [0.5, 0.6) is 0 Å². The van der Waals surface area contributed by atoms with Gasteiger partial charge in [-0.15, -0.1) is 0 Å². The molecule has 1 heterocycles. The first kappa shape index (κ1) is 15.2. The number of anilines is 3. The van der Waals surface area contributed by atoms with E-state index in [4.69, 9.17) is 5.73 Å². The van der Waals surface area contributed by atoms with Crippen LogP contribution in [0, 0.1) is 18.6 Å². The summed E-state index contributed by atoms with van der Waals surface area (Å²) in [7, 11) is 3.50. The van der Waals surface area contributed by atoms with E-state index in [0.29, 0.717) is 5.13 Å². The largest absolute Gasteiger partial charge is 0.382 e. The zero-order valence-corrected chi connectivity index (χ0v) is 12.5. The summed E-state index contributed by atoms with van der Waals surface area (Å²) in [6, 6.07) is 2.39. The molecule has 2 rings (SSSR count). The van der Waals surface area contributed by atoms with Gasteiger partial charge in [-0.05, 0) is 18.6 Å². The number of carbonyl (C=O) groups excluding carboxylic acids is 1. The highest BCUT2D eigenvalue weighted by Gasteiger charge is 2.20. The summed E-state index contributed by atoms with van der Waals surface area (Å²) < 4.78 is 27.5. The monoisotopic (exact) mass is 312 g/mol. The van der Waals surface area contributed by atoms with Crippen LogP contribution in [-0.4, -0.2) is 25.0 Å². The Kier molecular flexibility index (Phi) is 4.08. The molecule has 21 heavy (non-hydrogen) atoms. The Hall–Kier alpha value is -2.22. The van der Waals surface area contributed by atoms with Crippen molar-refractivity contribution in [1.82, 2.24) is 4.98 Å². The highest BCUT2D eigenvalue weighted by molar-refractivity contribution is 7.18. The van der Waals surface area contributed by atoms with Crippen molar-refractivity contribution >= 4 is 33.9 Å². The van der Waals surface area contributed by atoms with Crippen molar-refractivity contribution in [3.05, 3.63) is 34.2 Å². The Morgan fingerprint density at radius 1 is 1.38 bits per heavy atom. The van der Waals surface area contributed by atoms with Gasteiger partial charge in [-0.25, -0.2) is 13.8 Å². The van der Waals surface area contributed by atoms with Crippen LogP contribution in [0.25, 0.3) is 0 Å². The topological polar surface area (TPSA) is 71.2 Å². The average Bonchev–Trinajstić information content (AvgIpc) is 2.81. The maximum atomic E-state index is 13.9. The Bertz CT molecular complexity index is 700. The van der Waals surface area contributed by atoms with E-state index in [-0.39, 0.29) is 16.3 Å². The molecule has 0 fully saturated rings. The summed E-state index contributed by atoms with van der Waals surface area (Å²) in [5.41, 5.74) is 5.41. The second-order valence-electron chi connectivity index (χ2n) is 4.61. The predicted octanol–water partition coefficient (Wildman–Crippen LogP) is 2.63. The number of hydrogen-bond acceptors (Lipinski definition) is 5. The number of aryl methyl sites for hydroxylation is 1. The molecule has 1 aromatic heterocycles. The van der Waals surface area contributed by atoms with Crippen molar-refractivity contribution in [2.75, 3.05) is 30.0 Å². The number of nitrogens with two attached hydrogens (primary N) is 1. The molecule has 0 saturated carbocycles. The number of benzene rings is 1. The van der Waals surface area contributed by atoms with Crippen molar-refractivity contribution in [3.63, 3.8) is 0 Å². The molecule has 0 bridgehead atoms. The van der Waals surface area contributed by atoms with Crippen molar-refractivity contribution < 1.29 is 13.6 Å². The van der Waals surface area contributed by atoms with E-state index in [9.17, 15) is 13.6 Å². The van der Waals surface area contributed by atoms with Crippen LogP contribution in [0.4, 0.5) is 25.4 Å².